The summed E-state index contributed by atoms with van der Waals surface area (Å²) in [5.74, 6) is 5.80. The van der Waals surface area contributed by atoms with Gasteiger partial charge in [0.15, 0.2) is 5.78 Å². The molecular weight excluding hydrogens is 238 g/mol. The number of hydrogen-bond acceptors (Lipinski definition) is 2. The van der Waals surface area contributed by atoms with E-state index in [0.717, 1.165) is 5.56 Å². The van der Waals surface area contributed by atoms with Gasteiger partial charge in [-0.3, -0.25) is 9.59 Å². The summed E-state index contributed by atoms with van der Waals surface area (Å²) < 4.78 is 0. The van der Waals surface area contributed by atoms with Crippen molar-refractivity contribution in [2.45, 2.75) is 19.8 Å². The van der Waals surface area contributed by atoms with Crippen molar-refractivity contribution in [1.82, 2.24) is 5.32 Å². The SMILES string of the molecule is C=CCCC(=O)NCC#Cc1ccc(C(C)=O)cc1. The van der Waals surface area contributed by atoms with E-state index in [1.54, 1.807) is 30.3 Å². The minimum absolute atomic E-state index is 0.0267. The van der Waals surface area contributed by atoms with Crippen molar-refractivity contribution >= 4 is 11.7 Å². The molecule has 0 aromatic heterocycles. The molecule has 0 spiro atoms. The summed E-state index contributed by atoms with van der Waals surface area (Å²) >= 11 is 0. The van der Waals surface area contributed by atoms with Crippen molar-refractivity contribution in [3.8, 4) is 11.8 Å². The van der Waals surface area contributed by atoms with Crippen molar-refractivity contribution in [2.24, 2.45) is 0 Å². The molecule has 0 aliphatic rings. The lowest BCUT2D eigenvalue weighted by Crippen LogP contribution is -2.22. The number of amides is 1. The van der Waals surface area contributed by atoms with Gasteiger partial charge in [0, 0.05) is 17.5 Å². The lowest BCUT2D eigenvalue weighted by molar-refractivity contribution is -0.120. The van der Waals surface area contributed by atoms with Gasteiger partial charge in [-0.05, 0) is 25.5 Å². The zero-order chi connectivity index (χ0) is 14.1. The highest BCUT2D eigenvalue weighted by molar-refractivity contribution is 5.94. The standard InChI is InChI=1S/C16H17NO2/c1-3-4-7-16(19)17-12-5-6-14-8-10-15(11-9-14)13(2)18/h3,8-11H,1,4,7,12H2,2H3,(H,17,19). The Bertz CT molecular complexity index is 518. The molecule has 19 heavy (non-hydrogen) atoms. The molecule has 0 aliphatic carbocycles. The number of carbonyl (C=O) groups excluding carboxylic acids is 2. The molecule has 1 aromatic rings. The van der Waals surface area contributed by atoms with Gasteiger partial charge in [0.1, 0.15) is 0 Å². The van der Waals surface area contributed by atoms with Crippen LogP contribution in [0.1, 0.15) is 35.7 Å². The molecule has 1 aromatic carbocycles. The van der Waals surface area contributed by atoms with E-state index in [-0.39, 0.29) is 11.7 Å². The zero-order valence-corrected chi connectivity index (χ0v) is 11.0. The Morgan fingerprint density at radius 3 is 2.58 bits per heavy atom. The van der Waals surface area contributed by atoms with Crippen LogP contribution in [-0.4, -0.2) is 18.2 Å². The van der Waals surface area contributed by atoms with E-state index >= 15 is 0 Å². The van der Waals surface area contributed by atoms with Crippen molar-refractivity contribution < 1.29 is 9.59 Å². The topological polar surface area (TPSA) is 46.2 Å². The normalized spacial score (nSPS) is 9.11. The van der Waals surface area contributed by atoms with Crippen molar-refractivity contribution in [2.75, 3.05) is 6.54 Å². The molecular formula is C16H17NO2. The van der Waals surface area contributed by atoms with Crippen molar-refractivity contribution in [3.63, 3.8) is 0 Å². The number of allylic oxidation sites excluding steroid dienone is 1. The van der Waals surface area contributed by atoms with Gasteiger partial charge in [-0.25, -0.2) is 0 Å². The predicted molar refractivity (Wildman–Crippen MR) is 75.8 cm³/mol. The Morgan fingerprint density at radius 1 is 1.32 bits per heavy atom. The summed E-state index contributed by atoms with van der Waals surface area (Å²) in [5, 5.41) is 2.70. The second-order valence-corrected chi connectivity index (χ2v) is 4.04. The Hall–Kier alpha value is -2.34. The third-order valence-electron chi connectivity index (χ3n) is 2.47. The summed E-state index contributed by atoms with van der Waals surface area (Å²) in [5.41, 5.74) is 1.49. The highest BCUT2D eigenvalue weighted by atomic mass is 16.1. The number of carbonyl (C=O) groups is 2. The van der Waals surface area contributed by atoms with E-state index in [0.29, 0.717) is 24.9 Å². The van der Waals surface area contributed by atoms with Crippen molar-refractivity contribution in [1.29, 1.82) is 0 Å². The molecule has 98 valence electrons. The number of Topliss-reactive ketones (excluding diaryl/α,β-unsaturated/α-hetero) is 1. The molecule has 1 amide bonds. The summed E-state index contributed by atoms with van der Waals surface area (Å²) in [4.78, 5) is 22.4. The first-order valence-electron chi connectivity index (χ1n) is 6.11. The van der Waals surface area contributed by atoms with Gasteiger partial charge in [-0.15, -0.1) is 6.58 Å². The number of benzene rings is 1. The quantitative estimate of drug-likeness (QED) is 0.498. The number of rotatable bonds is 5. The molecule has 0 saturated heterocycles. The molecule has 0 heterocycles. The molecule has 0 atom stereocenters. The summed E-state index contributed by atoms with van der Waals surface area (Å²) in [6.07, 6.45) is 2.83. The molecule has 0 aliphatic heterocycles. The van der Waals surface area contributed by atoms with Gasteiger partial charge >= 0.3 is 0 Å². The van der Waals surface area contributed by atoms with Crippen LogP contribution in [0.4, 0.5) is 0 Å². The Kier molecular flexibility index (Phi) is 6.11. The molecule has 3 nitrogen and oxygen atoms in total. The highest BCUT2D eigenvalue weighted by Gasteiger charge is 1.97. The van der Waals surface area contributed by atoms with E-state index in [1.165, 1.54) is 6.92 Å². The average molecular weight is 255 g/mol. The average Bonchev–Trinajstić information content (AvgIpc) is 2.41. The maximum absolute atomic E-state index is 11.3. The fraction of sp³-hybridized carbons (Fsp3) is 0.250. The van der Waals surface area contributed by atoms with Crippen LogP contribution < -0.4 is 5.32 Å². The zero-order valence-electron chi connectivity index (χ0n) is 11.0. The summed E-state index contributed by atoms with van der Waals surface area (Å²) in [7, 11) is 0. The third-order valence-corrected chi connectivity index (χ3v) is 2.47. The predicted octanol–water partition coefficient (Wildman–Crippen LogP) is 2.32. The fourth-order valence-electron chi connectivity index (χ4n) is 1.40. The Morgan fingerprint density at radius 2 is 2.00 bits per heavy atom. The first-order valence-corrected chi connectivity index (χ1v) is 6.11. The third kappa shape index (κ3) is 5.69. The first kappa shape index (κ1) is 14.7. The first-order chi connectivity index (χ1) is 9.13. The molecule has 0 bridgehead atoms. The van der Waals surface area contributed by atoms with E-state index in [9.17, 15) is 9.59 Å². The highest BCUT2D eigenvalue weighted by Crippen LogP contribution is 2.03. The van der Waals surface area contributed by atoms with Crippen molar-refractivity contribution in [3.05, 3.63) is 48.0 Å². The lowest BCUT2D eigenvalue weighted by atomic mass is 10.1. The van der Waals surface area contributed by atoms with Gasteiger partial charge < -0.3 is 5.32 Å². The number of nitrogens with one attached hydrogen (secondary N) is 1. The molecule has 1 rings (SSSR count). The second-order valence-electron chi connectivity index (χ2n) is 4.04. The van der Waals surface area contributed by atoms with Crippen LogP contribution in [0.5, 0.6) is 0 Å². The molecule has 0 radical (unpaired) electrons. The van der Waals surface area contributed by atoms with Gasteiger partial charge in [0.05, 0.1) is 6.54 Å². The van der Waals surface area contributed by atoms with Crippen LogP contribution in [0.25, 0.3) is 0 Å². The maximum atomic E-state index is 11.3. The number of ketones is 1. The molecule has 0 saturated carbocycles. The number of hydrogen-bond donors (Lipinski definition) is 1. The minimum Gasteiger partial charge on any atom is -0.345 e. The van der Waals surface area contributed by atoms with Crippen LogP contribution in [0, 0.1) is 11.8 Å². The monoisotopic (exact) mass is 255 g/mol. The van der Waals surface area contributed by atoms with Crippen LogP contribution in [-0.2, 0) is 4.79 Å². The Labute approximate surface area is 113 Å². The molecule has 0 unspecified atom stereocenters. The van der Waals surface area contributed by atoms with Crippen LogP contribution in [0.3, 0.4) is 0 Å². The smallest absolute Gasteiger partial charge is 0.221 e. The second kappa shape index (κ2) is 7.88. The van der Waals surface area contributed by atoms with E-state index in [2.05, 4.69) is 23.7 Å². The Balaban J connectivity index is 2.43. The van der Waals surface area contributed by atoms with Crippen LogP contribution in [0.2, 0.25) is 0 Å². The fourth-order valence-corrected chi connectivity index (χ4v) is 1.40. The van der Waals surface area contributed by atoms with Gasteiger partial charge in [0.25, 0.3) is 0 Å². The van der Waals surface area contributed by atoms with Gasteiger partial charge in [0.2, 0.25) is 5.91 Å². The summed E-state index contributed by atoms with van der Waals surface area (Å²) in [6, 6.07) is 7.08. The maximum Gasteiger partial charge on any atom is 0.221 e. The van der Waals surface area contributed by atoms with E-state index < -0.39 is 0 Å². The van der Waals surface area contributed by atoms with E-state index in [1.807, 2.05) is 0 Å². The minimum atomic E-state index is -0.0267. The van der Waals surface area contributed by atoms with Crippen LogP contribution >= 0.6 is 0 Å². The van der Waals surface area contributed by atoms with Gasteiger partial charge in [-0.2, -0.15) is 0 Å². The summed E-state index contributed by atoms with van der Waals surface area (Å²) in [6.45, 7) is 5.41. The lowest BCUT2D eigenvalue weighted by Gasteiger charge is -1.98. The van der Waals surface area contributed by atoms with Gasteiger partial charge in [-0.1, -0.05) is 30.0 Å². The van der Waals surface area contributed by atoms with E-state index in [4.69, 9.17) is 0 Å². The molecule has 0 fully saturated rings. The largest absolute Gasteiger partial charge is 0.345 e. The van der Waals surface area contributed by atoms with Crippen LogP contribution in [0.15, 0.2) is 36.9 Å². The molecule has 3 heteroatoms. The molecule has 1 N–H and O–H groups in total.